The first-order valence-electron chi connectivity index (χ1n) is 7.21. The van der Waals surface area contributed by atoms with Crippen molar-refractivity contribution in [3.63, 3.8) is 0 Å². The molecule has 22 heavy (non-hydrogen) atoms. The standard InChI is InChI=1S/C15H17ClFN5/c1-21(15-19-9-11(16)10-20-15)12-4-7-22(8-5-12)14-13(17)3-2-6-18-14/h2-3,6,9-10,12H,4-5,7-8H2,1H3. The van der Waals surface area contributed by atoms with Crippen molar-refractivity contribution in [3.8, 4) is 0 Å². The quantitative estimate of drug-likeness (QED) is 0.870. The van der Waals surface area contributed by atoms with Gasteiger partial charge in [-0.3, -0.25) is 0 Å². The van der Waals surface area contributed by atoms with Gasteiger partial charge in [-0.15, -0.1) is 0 Å². The zero-order valence-electron chi connectivity index (χ0n) is 12.3. The monoisotopic (exact) mass is 321 g/mol. The molecule has 5 nitrogen and oxygen atoms in total. The van der Waals surface area contributed by atoms with Crippen LogP contribution in [0.5, 0.6) is 0 Å². The van der Waals surface area contributed by atoms with Crippen LogP contribution in [0, 0.1) is 5.82 Å². The highest BCUT2D eigenvalue weighted by Gasteiger charge is 2.25. The normalized spacial score (nSPS) is 15.9. The second-order valence-corrected chi connectivity index (χ2v) is 5.78. The third-order valence-electron chi connectivity index (χ3n) is 3.97. The summed E-state index contributed by atoms with van der Waals surface area (Å²) in [4.78, 5) is 16.7. The Kier molecular flexibility index (Phi) is 4.38. The number of hydrogen-bond donors (Lipinski definition) is 0. The Hall–Kier alpha value is -1.95. The third kappa shape index (κ3) is 3.11. The van der Waals surface area contributed by atoms with Crippen LogP contribution in [-0.4, -0.2) is 41.1 Å². The van der Waals surface area contributed by atoms with Gasteiger partial charge in [0.15, 0.2) is 11.6 Å². The molecule has 0 spiro atoms. The molecule has 0 bridgehead atoms. The van der Waals surface area contributed by atoms with Crippen molar-refractivity contribution >= 4 is 23.4 Å². The average Bonchev–Trinajstić information content (AvgIpc) is 2.56. The first-order valence-corrected chi connectivity index (χ1v) is 7.59. The first-order chi connectivity index (χ1) is 10.6. The van der Waals surface area contributed by atoms with Crippen molar-refractivity contribution < 1.29 is 4.39 Å². The highest BCUT2D eigenvalue weighted by atomic mass is 35.5. The van der Waals surface area contributed by atoms with Crippen molar-refractivity contribution in [2.75, 3.05) is 29.9 Å². The summed E-state index contributed by atoms with van der Waals surface area (Å²) in [6, 6.07) is 3.38. The summed E-state index contributed by atoms with van der Waals surface area (Å²) >= 11 is 5.81. The van der Waals surface area contributed by atoms with E-state index in [1.54, 1.807) is 24.7 Å². The minimum atomic E-state index is -0.268. The predicted molar refractivity (Wildman–Crippen MR) is 84.9 cm³/mol. The predicted octanol–water partition coefficient (Wildman–Crippen LogP) is 2.77. The molecule has 3 rings (SSSR count). The Morgan fingerprint density at radius 2 is 1.91 bits per heavy atom. The molecule has 2 aromatic heterocycles. The minimum Gasteiger partial charge on any atom is -0.354 e. The van der Waals surface area contributed by atoms with Crippen molar-refractivity contribution in [1.82, 2.24) is 15.0 Å². The van der Waals surface area contributed by atoms with E-state index in [1.807, 2.05) is 11.9 Å². The van der Waals surface area contributed by atoms with Gasteiger partial charge < -0.3 is 9.80 Å². The molecular weight excluding hydrogens is 305 g/mol. The van der Waals surface area contributed by atoms with Crippen LogP contribution in [0.25, 0.3) is 0 Å². The molecule has 0 aliphatic carbocycles. The van der Waals surface area contributed by atoms with Crippen LogP contribution < -0.4 is 9.80 Å². The lowest BCUT2D eigenvalue weighted by molar-refractivity contribution is 0.469. The van der Waals surface area contributed by atoms with Crippen molar-refractivity contribution in [1.29, 1.82) is 0 Å². The highest BCUT2D eigenvalue weighted by Crippen LogP contribution is 2.24. The lowest BCUT2D eigenvalue weighted by Gasteiger charge is -2.37. The van der Waals surface area contributed by atoms with Crippen LogP contribution >= 0.6 is 11.6 Å². The molecule has 1 saturated heterocycles. The Balaban J connectivity index is 1.64. The number of aromatic nitrogens is 3. The summed E-state index contributed by atoms with van der Waals surface area (Å²) in [6.45, 7) is 1.52. The van der Waals surface area contributed by atoms with Crippen LogP contribution in [-0.2, 0) is 0 Å². The van der Waals surface area contributed by atoms with Gasteiger partial charge in [0.2, 0.25) is 5.95 Å². The molecule has 0 unspecified atom stereocenters. The molecule has 1 fully saturated rings. The molecule has 1 aliphatic rings. The van der Waals surface area contributed by atoms with E-state index < -0.39 is 0 Å². The fraction of sp³-hybridized carbons (Fsp3) is 0.400. The highest BCUT2D eigenvalue weighted by molar-refractivity contribution is 6.30. The summed E-state index contributed by atoms with van der Waals surface area (Å²) in [6.07, 6.45) is 6.62. The molecular formula is C15H17ClFN5. The van der Waals surface area contributed by atoms with E-state index >= 15 is 0 Å². The number of nitrogens with zero attached hydrogens (tertiary/aromatic N) is 5. The number of pyridine rings is 1. The zero-order chi connectivity index (χ0) is 15.5. The number of hydrogen-bond acceptors (Lipinski definition) is 5. The third-order valence-corrected chi connectivity index (χ3v) is 4.17. The fourth-order valence-corrected chi connectivity index (χ4v) is 2.82. The van der Waals surface area contributed by atoms with Gasteiger partial charge in [0.25, 0.3) is 0 Å². The van der Waals surface area contributed by atoms with Crippen LogP contribution in [0.2, 0.25) is 5.02 Å². The molecule has 0 radical (unpaired) electrons. The summed E-state index contributed by atoms with van der Waals surface area (Å²) in [5, 5.41) is 0.526. The van der Waals surface area contributed by atoms with E-state index in [-0.39, 0.29) is 5.82 Å². The van der Waals surface area contributed by atoms with Gasteiger partial charge in [-0.05, 0) is 25.0 Å². The summed E-state index contributed by atoms with van der Waals surface area (Å²) < 4.78 is 13.8. The van der Waals surface area contributed by atoms with Gasteiger partial charge >= 0.3 is 0 Å². The van der Waals surface area contributed by atoms with Crippen LogP contribution in [0.3, 0.4) is 0 Å². The molecule has 0 N–H and O–H groups in total. The van der Waals surface area contributed by atoms with E-state index in [4.69, 9.17) is 11.6 Å². The van der Waals surface area contributed by atoms with E-state index in [0.29, 0.717) is 22.8 Å². The van der Waals surface area contributed by atoms with Gasteiger partial charge in [0.1, 0.15) is 0 Å². The van der Waals surface area contributed by atoms with Gasteiger partial charge in [0.05, 0.1) is 17.4 Å². The SMILES string of the molecule is CN(c1ncc(Cl)cn1)C1CCN(c2ncccc2F)CC1. The Morgan fingerprint density at radius 3 is 2.55 bits per heavy atom. The lowest BCUT2D eigenvalue weighted by atomic mass is 10.0. The van der Waals surface area contributed by atoms with Gasteiger partial charge in [0, 0.05) is 32.4 Å². The topological polar surface area (TPSA) is 45.2 Å². The zero-order valence-corrected chi connectivity index (χ0v) is 13.0. The minimum absolute atomic E-state index is 0.268. The maximum absolute atomic E-state index is 13.8. The molecule has 1 aliphatic heterocycles. The first kappa shape index (κ1) is 15.0. The Labute approximate surface area is 133 Å². The summed E-state index contributed by atoms with van der Waals surface area (Å²) in [7, 11) is 1.98. The number of piperidine rings is 1. The second-order valence-electron chi connectivity index (χ2n) is 5.34. The van der Waals surface area contributed by atoms with Gasteiger partial charge in [-0.25, -0.2) is 19.3 Å². The number of halogens is 2. The molecule has 3 heterocycles. The van der Waals surface area contributed by atoms with Crippen LogP contribution in [0.4, 0.5) is 16.2 Å². The van der Waals surface area contributed by atoms with Crippen molar-refractivity contribution in [2.24, 2.45) is 0 Å². The largest absolute Gasteiger partial charge is 0.354 e. The summed E-state index contributed by atoms with van der Waals surface area (Å²) in [5.41, 5.74) is 0. The van der Waals surface area contributed by atoms with Gasteiger partial charge in [-0.2, -0.15) is 0 Å². The molecule has 0 amide bonds. The van der Waals surface area contributed by atoms with Crippen LogP contribution in [0.15, 0.2) is 30.7 Å². The second kappa shape index (κ2) is 6.44. The average molecular weight is 322 g/mol. The van der Waals surface area contributed by atoms with E-state index in [1.165, 1.54) is 6.07 Å². The maximum atomic E-state index is 13.8. The molecule has 2 aromatic rings. The Morgan fingerprint density at radius 1 is 1.23 bits per heavy atom. The van der Waals surface area contributed by atoms with Crippen molar-refractivity contribution in [3.05, 3.63) is 41.6 Å². The smallest absolute Gasteiger partial charge is 0.225 e. The van der Waals surface area contributed by atoms with E-state index in [9.17, 15) is 4.39 Å². The summed E-state index contributed by atoms with van der Waals surface area (Å²) in [5.74, 6) is 0.827. The molecule has 7 heteroatoms. The molecule has 116 valence electrons. The van der Waals surface area contributed by atoms with Gasteiger partial charge in [-0.1, -0.05) is 11.6 Å². The molecule has 0 saturated carbocycles. The molecule has 0 aromatic carbocycles. The maximum Gasteiger partial charge on any atom is 0.225 e. The molecule has 0 atom stereocenters. The van der Waals surface area contributed by atoms with Crippen LogP contribution in [0.1, 0.15) is 12.8 Å². The van der Waals surface area contributed by atoms with Crippen molar-refractivity contribution in [2.45, 2.75) is 18.9 Å². The van der Waals surface area contributed by atoms with E-state index in [2.05, 4.69) is 19.9 Å². The lowest BCUT2D eigenvalue weighted by Crippen LogP contribution is -2.44. The van der Waals surface area contributed by atoms with E-state index in [0.717, 1.165) is 25.9 Å². The fourth-order valence-electron chi connectivity index (χ4n) is 2.73. The number of anilines is 2. The Bertz CT molecular complexity index is 628. The number of rotatable bonds is 3.